The molecule has 0 saturated heterocycles. The van der Waals surface area contributed by atoms with Crippen molar-refractivity contribution in [2.45, 2.75) is 37.8 Å². The number of nitrogens with zero attached hydrogens (tertiary/aromatic N) is 4. The number of hydrogen-bond donors (Lipinski definition) is 2. The molecule has 0 aromatic carbocycles. The Hall–Kier alpha value is -1.43. The van der Waals surface area contributed by atoms with Gasteiger partial charge in [-0.15, -0.1) is 0 Å². The third kappa shape index (κ3) is 4.17. The summed E-state index contributed by atoms with van der Waals surface area (Å²) in [6.45, 7) is 0.943. The second kappa shape index (κ2) is 7.92. The molecule has 6 nitrogen and oxygen atoms in total. The standard InChI is InChI=1S/C14H12F9IN4O2/c1-5(2-24)11(8(29)13(18,19)20)7(12(15,16)17)27-28(10(11)30)6-3-25-9(26-4-6)14(21,22)23/h3-5,8,10,29-30H,2H2,1H3. The number of halogens is 10. The summed E-state index contributed by atoms with van der Waals surface area (Å²) in [5.41, 5.74) is -6.26. The Morgan fingerprint density at radius 1 is 1.07 bits per heavy atom. The van der Waals surface area contributed by atoms with E-state index < -0.39 is 59.4 Å². The Balaban J connectivity index is 2.69. The number of aromatic nitrogens is 2. The van der Waals surface area contributed by atoms with Crippen LogP contribution in [0.1, 0.15) is 12.7 Å². The highest BCUT2D eigenvalue weighted by molar-refractivity contribution is 14.1. The summed E-state index contributed by atoms with van der Waals surface area (Å²) in [6.07, 6.45) is -21.8. The minimum absolute atomic E-state index is 0.0146. The summed E-state index contributed by atoms with van der Waals surface area (Å²) < 4.78 is 118. The van der Waals surface area contributed by atoms with E-state index in [0.29, 0.717) is 12.4 Å². The number of aliphatic hydroxyl groups is 2. The minimum atomic E-state index is -5.58. The van der Waals surface area contributed by atoms with Crippen LogP contribution in [0.25, 0.3) is 0 Å². The Labute approximate surface area is 175 Å². The first kappa shape index (κ1) is 24.8. The Bertz CT molecular complexity index is 797. The molecule has 1 aromatic rings. The number of hydrazone groups is 1. The summed E-state index contributed by atoms with van der Waals surface area (Å²) in [5, 5.41) is 23.4. The number of anilines is 1. The van der Waals surface area contributed by atoms with Crippen LogP contribution in [0.4, 0.5) is 45.2 Å². The topological polar surface area (TPSA) is 81.8 Å². The van der Waals surface area contributed by atoms with E-state index >= 15 is 0 Å². The van der Waals surface area contributed by atoms with E-state index in [9.17, 15) is 49.7 Å². The lowest BCUT2D eigenvalue weighted by Crippen LogP contribution is -2.63. The molecule has 2 heterocycles. The van der Waals surface area contributed by atoms with Crippen molar-refractivity contribution in [3.63, 3.8) is 0 Å². The van der Waals surface area contributed by atoms with Gasteiger partial charge in [-0.3, -0.25) is 0 Å². The maximum Gasteiger partial charge on any atom is 0.451 e. The molecule has 0 bridgehead atoms. The molecule has 1 aromatic heterocycles. The second-order valence-corrected chi connectivity index (χ2v) is 7.24. The van der Waals surface area contributed by atoms with Gasteiger partial charge in [-0.2, -0.15) is 44.6 Å². The monoisotopic (exact) mass is 566 g/mol. The lowest BCUT2D eigenvalue weighted by molar-refractivity contribution is -0.248. The van der Waals surface area contributed by atoms with Gasteiger partial charge < -0.3 is 10.2 Å². The predicted octanol–water partition coefficient (Wildman–Crippen LogP) is 3.53. The van der Waals surface area contributed by atoms with E-state index in [-0.39, 0.29) is 9.44 Å². The molecule has 0 radical (unpaired) electrons. The molecule has 16 heteroatoms. The first-order valence-electron chi connectivity index (χ1n) is 7.82. The fraction of sp³-hybridized carbons (Fsp3) is 0.643. The zero-order valence-electron chi connectivity index (χ0n) is 14.6. The Morgan fingerprint density at radius 2 is 1.57 bits per heavy atom. The quantitative estimate of drug-likeness (QED) is 0.332. The van der Waals surface area contributed by atoms with Crippen LogP contribution in [-0.4, -0.2) is 55.0 Å². The Kier molecular flexibility index (Phi) is 6.56. The smallest absolute Gasteiger partial charge is 0.383 e. The first-order valence-corrected chi connectivity index (χ1v) is 9.35. The average molecular weight is 566 g/mol. The van der Waals surface area contributed by atoms with E-state index in [4.69, 9.17) is 0 Å². The van der Waals surface area contributed by atoms with Gasteiger partial charge in [0.25, 0.3) is 0 Å². The largest absolute Gasteiger partial charge is 0.451 e. The molecular formula is C14H12F9IN4O2. The number of hydrogen-bond acceptors (Lipinski definition) is 6. The van der Waals surface area contributed by atoms with Crippen LogP contribution in [0.3, 0.4) is 0 Å². The molecule has 0 saturated carbocycles. The second-order valence-electron chi connectivity index (χ2n) is 6.36. The lowest BCUT2D eigenvalue weighted by atomic mass is 9.67. The highest BCUT2D eigenvalue weighted by Crippen LogP contribution is 2.52. The summed E-state index contributed by atoms with van der Waals surface area (Å²) in [7, 11) is 0. The summed E-state index contributed by atoms with van der Waals surface area (Å²) in [5.74, 6) is -3.28. The van der Waals surface area contributed by atoms with Gasteiger partial charge in [0, 0.05) is 4.43 Å². The molecule has 4 unspecified atom stereocenters. The molecule has 0 aliphatic carbocycles. The third-order valence-corrected chi connectivity index (χ3v) is 5.83. The van der Waals surface area contributed by atoms with Crippen LogP contribution < -0.4 is 5.01 Å². The Morgan fingerprint density at radius 3 is 1.93 bits per heavy atom. The molecule has 0 fully saturated rings. The maximum absolute atomic E-state index is 13.7. The highest BCUT2D eigenvalue weighted by Gasteiger charge is 2.70. The van der Waals surface area contributed by atoms with Gasteiger partial charge in [-0.05, 0) is 5.92 Å². The predicted molar refractivity (Wildman–Crippen MR) is 91.6 cm³/mol. The summed E-state index contributed by atoms with van der Waals surface area (Å²) in [6, 6.07) is 0. The normalized spacial score (nSPS) is 25.3. The third-order valence-electron chi connectivity index (χ3n) is 4.51. The minimum Gasteiger partial charge on any atom is -0.383 e. The van der Waals surface area contributed by atoms with Gasteiger partial charge in [0.05, 0.1) is 18.1 Å². The van der Waals surface area contributed by atoms with Gasteiger partial charge >= 0.3 is 18.5 Å². The lowest BCUT2D eigenvalue weighted by Gasteiger charge is -2.43. The van der Waals surface area contributed by atoms with Crippen molar-refractivity contribution in [2.24, 2.45) is 16.4 Å². The van der Waals surface area contributed by atoms with Crippen molar-refractivity contribution in [3.8, 4) is 0 Å². The first-order chi connectivity index (χ1) is 13.5. The molecule has 0 spiro atoms. The van der Waals surface area contributed by atoms with Gasteiger partial charge in [0.15, 0.2) is 18.0 Å². The van der Waals surface area contributed by atoms with Crippen LogP contribution in [-0.2, 0) is 6.18 Å². The van der Waals surface area contributed by atoms with E-state index in [1.165, 1.54) is 22.6 Å². The summed E-state index contributed by atoms with van der Waals surface area (Å²) >= 11 is 1.48. The average Bonchev–Trinajstić information content (AvgIpc) is 2.93. The maximum atomic E-state index is 13.7. The van der Waals surface area contributed by atoms with Gasteiger partial charge in [-0.1, -0.05) is 29.5 Å². The van der Waals surface area contributed by atoms with Crippen molar-refractivity contribution in [2.75, 3.05) is 9.44 Å². The number of aliphatic hydroxyl groups excluding tert-OH is 2. The SMILES string of the molecule is CC(CI)C1(C(O)C(F)(F)F)C(C(F)(F)F)=NN(c2cnc(C(F)(F)F)nc2)C1O. The van der Waals surface area contributed by atoms with Crippen molar-refractivity contribution >= 4 is 34.0 Å². The van der Waals surface area contributed by atoms with Gasteiger partial charge in [0.1, 0.15) is 5.41 Å². The molecule has 2 N–H and O–H groups in total. The highest BCUT2D eigenvalue weighted by atomic mass is 127. The van der Waals surface area contributed by atoms with E-state index in [1.54, 1.807) is 0 Å². The number of alkyl halides is 10. The molecule has 1 aliphatic heterocycles. The molecule has 170 valence electrons. The van der Waals surface area contributed by atoms with Crippen LogP contribution in [0.15, 0.2) is 17.5 Å². The van der Waals surface area contributed by atoms with Crippen LogP contribution in [0.5, 0.6) is 0 Å². The molecule has 2 rings (SSSR count). The van der Waals surface area contributed by atoms with E-state index in [2.05, 4.69) is 15.1 Å². The number of rotatable bonds is 4. The fourth-order valence-corrected chi connectivity index (χ4v) is 3.82. The molecule has 0 amide bonds. The summed E-state index contributed by atoms with van der Waals surface area (Å²) in [4.78, 5) is 5.79. The van der Waals surface area contributed by atoms with E-state index in [0.717, 1.165) is 6.92 Å². The van der Waals surface area contributed by atoms with Crippen LogP contribution >= 0.6 is 22.6 Å². The molecular weight excluding hydrogens is 554 g/mol. The van der Waals surface area contributed by atoms with Crippen molar-refractivity contribution < 1.29 is 49.7 Å². The zero-order valence-corrected chi connectivity index (χ0v) is 16.7. The van der Waals surface area contributed by atoms with E-state index in [1.807, 2.05) is 0 Å². The molecule has 30 heavy (non-hydrogen) atoms. The van der Waals surface area contributed by atoms with Gasteiger partial charge in [-0.25, -0.2) is 15.0 Å². The molecule has 4 atom stereocenters. The van der Waals surface area contributed by atoms with Crippen molar-refractivity contribution in [1.82, 2.24) is 9.97 Å². The fourth-order valence-electron chi connectivity index (χ4n) is 3.09. The van der Waals surface area contributed by atoms with Gasteiger partial charge in [0.2, 0.25) is 5.82 Å². The van der Waals surface area contributed by atoms with Crippen LogP contribution in [0.2, 0.25) is 0 Å². The van der Waals surface area contributed by atoms with Crippen molar-refractivity contribution in [1.29, 1.82) is 0 Å². The zero-order chi connectivity index (χ0) is 23.3. The molecule has 1 aliphatic rings. The van der Waals surface area contributed by atoms with Crippen molar-refractivity contribution in [3.05, 3.63) is 18.2 Å². The van der Waals surface area contributed by atoms with Crippen LogP contribution in [0, 0.1) is 11.3 Å².